The van der Waals surface area contributed by atoms with Gasteiger partial charge in [0, 0.05) is 11.6 Å². The van der Waals surface area contributed by atoms with E-state index in [0.29, 0.717) is 6.07 Å². The number of tetrazole rings is 1. The standard InChI is InChI=1S/C13H12F2N4O/c1-3-9(2)13(20,7-19-8-16-17-18-19)11-5-4-10(14)6-12(11)15/h1,4-6,8-9,20H,7H2,2H3/t9-,13+/m0/s1. The first-order chi connectivity index (χ1) is 9.47. The maximum absolute atomic E-state index is 13.9. The molecule has 2 aromatic rings. The second-order valence-corrected chi connectivity index (χ2v) is 4.44. The molecule has 0 aliphatic rings. The molecule has 2 atom stereocenters. The molecule has 0 fully saturated rings. The van der Waals surface area contributed by atoms with Crippen LogP contribution in [0.15, 0.2) is 24.5 Å². The minimum atomic E-state index is -1.75. The maximum Gasteiger partial charge on any atom is 0.138 e. The Morgan fingerprint density at radius 2 is 2.25 bits per heavy atom. The molecule has 1 heterocycles. The van der Waals surface area contributed by atoms with Crippen molar-refractivity contribution < 1.29 is 13.9 Å². The van der Waals surface area contributed by atoms with Gasteiger partial charge < -0.3 is 5.11 Å². The van der Waals surface area contributed by atoms with E-state index in [1.807, 2.05) is 0 Å². The van der Waals surface area contributed by atoms with Crippen molar-refractivity contribution in [1.82, 2.24) is 20.2 Å². The highest BCUT2D eigenvalue weighted by Crippen LogP contribution is 2.33. The molecule has 0 spiro atoms. The summed E-state index contributed by atoms with van der Waals surface area (Å²) in [6, 6.07) is 2.93. The summed E-state index contributed by atoms with van der Waals surface area (Å²) in [6.07, 6.45) is 6.61. The van der Waals surface area contributed by atoms with Gasteiger partial charge in [-0.05, 0) is 23.4 Å². The number of hydrogen-bond donors (Lipinski definition) is 1. The van der Waals surface area contributed by atoms with Crippen molar-refractivity contribution in [2.45, 2.75) is 19.1 Å². The van der Waals surface area contributed by atoms with Crippen LogP contribution in [0.25, 0.3) is 0 Å². The molecule has 0 radical (unpaired) electrons. The number of benzene rings is 1. The van der Waals surface area contributed by atoms with Crippen LogP contribution in [0.5, 0.6) is 0 Å². The van der Waals surface area contributed by atoms with Crippen molar-refractivity contribution in [3.63, 3.8) is 0 Å². The third kappa shape index (κ3) is 2.51. The average Bonchev–Trinajstić information content (AvgIpc) is 2.90. The molecular weight excluding hydrogens is 266 g/mol. The van der Waals surface area contributed by atoms with E-state index in [9.17, 15) is 13.9 Å². The van der Waals surface area contributed by atoms with Crippen LogP contribution < -0.4 is 0 Å². The van der Waals surface area contributed by atoms with Crippen LogP contribution in [-0.4, -0.2) is 25.3 Å². The van der Waals surface area contributed by atoms with Gasteiger partial charge >= 0.3 is 0 Å². The van der Waals surface area contributed by atoms with Gasteiger partial charge in [0.15, 0.2) is 0 Å². The Morgan fingerprint density at radius 1 is 1.50 bits per heavy atom. The Labute approximate surface area is 114 Å². The van der Waals surface area contributed by atoms with Crippen molar-refractivity contribution in [3.05, 3.63) is 41.7 Å². The molecule has 104 valence electrons. The summed E-state index contributed by atoms with van der Waals surface area (Å²) in [5.74, 6) is 0.0314. The van der Waals surface area contributed by atoms with Crippen LogP contribution in [0, 0.1) is 29.9 Å². The lowest BCUT2D eigenvalue weighted by molar-refractivity contribution is -0.0194. The summed E-state index contributed by atoms with van der Waals surface area (Å²) in [6.45, 7) is 1.42. The highest BCUT2D eigenvalue weighted by molar-refractivity contribution is 5.28. The number of terminal acetylenes is 1. The maximum atomic E-state index is 13.9. The second kappa shape index (κ2) is 5.35. The van der Waals surface area contributed by atoms with Crippen LogP contribution in [0.3, 0.4) is 0 Å². The van der Waals surface area contributed by atoms with Gasteiger partial charge in [-0.15, -0.1) is 17.4 Å². The third-order valence-corrected chi connectivity index (χ3v) is 3.16. The first kappa shape index (κ1) is 14.1. The van der Waals surface area contributed by atoms with Crippen molar-refractivity contribution >= 4 is 0 Å². The van der Waals surface area contributed by atoms with Crippen molar-refractivity contribution in [2.75, 3.05) is 0 Å². The Bertz CT molecular complexity index is 638. The van der Waals surface area contributed by atoms with Crippen molar-refractivity contribution in [2.24, 2.45) is 5.92 Å². The van der Waals surface area contributed by atoms with Crippen molar-refractivity contribution in [3.8, 4) is 12.3 Å². The Morgan fingerprint density at radius 3 is 2.80 bits per heavy atom. The highest BCUT2D eigenvalue weighted by atomic mass is 19.1. The number of hydrogen-bond acceptors (Lipinski definition) is 4. The molecule has 1 aromatic carbocycles. The van der Waals surface area contributed by atoms with Gasteiger partial charge in [-0.25, -0.2) is 13.5 Å². The van der Waals surface area contributed by atoms with Crippen LogP contribution in [0.2, 0.25) is 0 Å². The summed E-state index contributed by atoms with van der Waals surface area (Å²) in [7, 11) is 0. The molecule has 20 heavy (non-hydrogen) atoms. The van der Waals surface area contributed by atoms with Crippen LogP contribution in [0.1, 0.15) is 12.5 Å². The summed E-state index contributed by atoms with van der Waals surface area (Å²) in [4.78, 5) is 0. The van der Waals surface area contributed by atoms with Gasteiger partial charge in [-0.3, -0.25) is 0 Å². The molecular formula is C13H12F2N4O. The normalized spacial score (nSPS) is 15.3. The SMILES string of the molecule is C#C[C@H](C)[C@](O)(Cn1cnnn1)c1ccc(F)cc1F. The first-order valence-electron chi connectivity index (χ1n) is 5.82. The average molecular weight is 278 g/mol. The molecule has 1 N–H and O–H groups in total. The number of aliphatic hydroxyl groups is 1. The molecule has 0 aliphatic carbocycles. The van der Waals surface area contributed by atoms with Gasteiger partial charge in [-0.2, -0.15) is 0 Å². The fourth-order valence-corrected chi connectivity index (χ4v) is 1.93. The lowest BCUT2D eigenvalue weighted by Gasteiger charge is -2.31. The van der Waals surface area contributed by atoms with Gasteiger partial charge in [-0.1, -0.05) is 6.07 Å². The van der Waals surface area contributed by atoms with Gasteiger partial charge in [0.05, 0.1) is 12.5 Å². The van der Waals surface area contributed by atoms with E-state index in [1.54, 1.807) is 6.92 Å². The largest absolute Gasteiger partial charge is 0.382 e. The smallest absolute Gasteiger partial charge is 0.138 e. The molecule has 0 saturated carbocycles. The van der Waals surface area contributed by atoms with E-state index in [0.717, 1.165) is 6.07 Å². The molecule has 0 aliphatic heterocycles. The minimum absolute atomic E-state index is 0.0974. The van der Waals surface area contributed by atoms with Crippen LogP contribution >= 0.6 is 0 Å². The first-order valence-corrected chi connectivity index (χ1v) is 5.82. The number of nitrogens with zero attached hydrogens (tertiary/aromatic N) is 4. The summed E-state index contributed by atoms with van der Waals surface area (Å²) >= 11 is 0. The van der Waals surface area contributed by atoms with E-state index in [-0.39, 0.29) is 12.1 Å². The van der Waals surface area contributed by atoms with E-state index in [4.69, 9.17) is 6.42 Å². The molecule has 2 rings (SSSR count). The zero-order valence-corrected chi connectivity index (χ0v) is 10.7. The molecule has 1 aromatic heterocycles. The summed E-state index contributed by atoms with van der Waals surface area (Å²) in [5, 5.41) is 21.3. The van der Waals surface area contributed by atoms with Gasteiger partial charge in [0.2, 0.25) is 0 Å². The van der Waals surface area contributed by atoms with Crippen LogP contribution in [0.4, 0.5) is 8.78 Å². The van der Waals surface area contributed by atoms with Gasteiger partial charge in [0.1, 0.15) is 23.6 Å². The minimum Gasteiger partial charge on any atom is -0.382 e. The lowest BCUT2D eigenvalue weighted by atomic mass is 9.82. The van der Waals surface area contributed by atoms with E-state index < -0.39 is 23.2 Å². The number of halogens is 2. The number of aromatic nitrogens is 4. The molecule has 0 saturated heterocycles. The Kier molecular flexibility index (Phi) is 3.77. The fourth-order valence-electron chi connectivity index (χ4n) is 1.93. The molecule has 0 unspecified atom stereocenters. The van der Waals surface area contributed by atoms with Crippen LogP contribution in [-0.2, 0) is 12.1 Å². The van der Waals surface area contributed by atoms with E-state index in [2.05, 4.69) is 21.4 Å². The third-order valence-electron chi connectivity index (χ3n) is 3.16. The number of rotatable bonds is 4. The summed E-state index contributed by atoms with van der Waals surface area (Å²) in [5.41, 5.74) is -1.85. The monoisotopic (exact) mass is 278 g/mol. The topological polar surface area (TPSA) is 63.8 Å². The Balaban J connectivity index is 2.49. The predicted octanol–water partition coefficient (Wildman–Crippen LogP) is 1.11. The lowest BCUT2D eigenvalue weighted by Crippen LogP contribution is -2.38. The fraction of sp³-hybridized carbons (Fsp3) is 0.308. The zero-order valence-electron chi connectivity index (χ0n) is 10.7. The zero-order chi connectivity index (χ0) is 14.8. The molecule has 0 amide bonds. The predicted molar refractivity (Wildman–Crippen MR) is 66.1 cm³/mol. The Hall–Kier alpha value is -2.33. The van der Waals surface area contributed by atoms with Crippen molar-refractivity contribution in [1.29, 1.82) is 0 Å². The van der Waals surface area contributed by atoms with E-state index >= 15 is 0 Å². The van der Waals surface area contributed by atoms with E-state index in [1.165, 1.54) is 17.1 Å². The molecule has 0 bridgehead atoms. The second-order valence-electron chi connectivity index (χ2n) is 4.44. The summed E-state index contributed by atoms with van der Waals surface area (Å²) < 4.78 is 28.2. The van der Waals surface area contributed by atoms with Gasteiger partial charge in [0.25, 0.3) is 0 Å². The quantitative estimate of drug-likeness (QED) is 0.851. The highest BCUT2D eigenvalue weighted by Gasteiger charge is 2.38. The molecule has 7 heteroatoms. The molecule has 5 nitrogen and oxygen atoms in total.